The molecule has 2 heterocycles. The molecule has 4 atom stereocenters. The van der Waals surface area contributed by atoms with Crippen molar-refractivity contribution in [2.75, 3.05) is 13.2 Å². The summed E-state index contributed by atoms with van der Waals surface area (Å²) in [6.07, 6.45) is 12.3. The van der Waals surface area contributed by atoms with Gasteiger partial charge in [-0.15, -0.1) is 0 Å². The molecular weight excluding hydrogens is 336 g/mol. The summed E-state index contributed by atoms with van der Waals surface area (Å²) in [4.78, 5) is 0. The number of hydrogen-bond donors (Lipinski definition) is 1. The maximum atomic E-state index is 9.35. The van der Waals surface area contributed by atoms with Crippen molar-refractivity contribution in [2.24, 2.45) is 17.3 Å². The second kappa shape index (κ2) is 9.86. The van der Waals surface area contributed by atoms with E-state index < -0.39 is 0 Å². The summed E-state index contributed by atoms with van der Waals surface area (Å²) in [5.41, 5.74) is 1.27. The average Bonchev–Trinajstić information content (AvgIpc) is 3.28. The second-order valence-electron chi connectivity index (χ2n) is 9.01. The molecule has 3 nitrogen and oxygen atoms in total. The van der Waals surface area contributed by atoms with Crippen LogP contribution in [0.4, 0.5) is 0 Å². The summed E-state index contributed by atoms with van der Waals surface area (Å²) in [5, 5.41) is 9.35. The molecule has 1 aromatic rings. The molecule has 2 saturated heterocycles. The number of ether oxygens (including phenoxy) is 2. The van der Waals surface area contributed by atoms with E-state index in [1.165, 1.54) is 18.4 Å². The Balaban J connectivity index is 1.40. The van der Waals surface area contributed by atoms with Crippen molar-refractivity contribution in [3.8, 4) is 0 Å². The fourth-order valence-corrected chi connectivity index (χ4v) is 4.51. The molecule has 2 bridgehead atoms. The van der Waals surface area contributed by atoms with Crippen molar-refractivity contribution < 1.29 is 14.6 Å². The molecule has 0 saturated carbocycles. The van der Waals surface area contributed by atoms with Gasteiger partial charge in [0.05, 0.1) is 18.8 Å². The Morgan fingerprint density at radius 3 is 2.59 bits per heavy atom. The monoisotopic (exact) mass is 372 g/mol. The molecule has 3 rings (SSSR count). The quantitative estimate of drug-likeness (QED) is 0.432. The summed E-state index contributed by atoms with van der Waals surface area (Å²) in [6, 6.07) is 10.4. The number of rotatable bonds is 11. The van der Waals surface area contributed by atoms with Crippen LogP contribution in [-0.4, -0.2) is 30.5 Å². The largest absolute Gasteiger partial charge is 0.396 e. The van der Waals surface area contributed by atoms with Gasteiger partial charge >= 0.3 is 0 Å². The van der Waals surface area contributed by atoms with Crippen molar-refractivity contribution >= 4 is 0 Å². The third-order valence-electron chi connectivity index (χ3n) is 6.29. The molecular formula is C24H36O3. The zero-order valence-corrected chi connectivity index (χ0v) is 17.0. The highest BCUT2D eigenvalue weighted by molar-refractivity contribution is 5.13. The van der Waals surface area contributed by atoms with E-state index in [4.69, 9.17) is 9.47 Å². The standard InChI is InChI=1S/C24H36O3/c1-24(2,18-25)15-8-4-7-11-20-21(23-13-12-22(20)27-23)14-16-26-17-19-9-5-3-6-10-19/h3-7,9-10,20-23,25H,8,11-18H2,1-2H3/t20-,21+,22-,23+/m0/s1. The topological polar surface area (TPSA) is 38.7 Å². The van der Waals surface area contributed by atoms with E-state index in [0.717, 1.165) is 32.3 Å². The number of aliphatic hydroxyl groups is 1. The van der Waals surface area contributed by atoms with E-state index in [1.54, 1.807) is 0 Å². The summed E-state index contributed by atoms with van der Waals surface area (Å²) in [7, 11) is 0. The minimum Gasteiger partial charge on any atom is -0.396 e. The molecule has 27 heavy (non-hydrogen) atoms. The highest BCUT2D eigenvalue weighted by Gasteiger charge is 2.47. The fraction of sp³-hybridized carbons (Fsp3) is 0.667. The second-order valence-corrected chi connectivity index (χ2v) is 9.01. The molecule has 2 aliphatic heterocycles. The van der Waals surface area contributed by atoms with Gasteiger partial charge in [0.1, 0.15) is 0 Å². The van der Waals surface area contributed by atoms with Gasteiger partial charge in [0.15, 0.2) is 0 Å². The molecule has 2 fully saturated rings. The van der Waals surface area contributed by atoms with E-state index in [-0.39, 0.29) is 12.0 Å². The molecule has 0 aliphatic carbocycles. The predicted molar refractivity (Wildman–Crippen MR) is 109 cm³/mol. The van der Waals surface area contributed by atoms with Crippen molar-refractivity contribution in [2.45, 2.75) is 71.2 Å². The number of aliphatic hydroxyl groups excluding tert-OH is 1. The van der Waals surface area contributed by atoms with Crippen LogP contribution in [-0.2, 0) is 16.1 Å². The van der Waals surface area contributed by atoms with Gasteiger partial charge in [-0.05, 0) is 61.3 Å². The first kappa shape index (κ1) is 20.6. The number of hydrogen-bond acceptors (Lipinski definition) is 3. The molecule has 1 N–H and O–H groups in total. The van der Waals surface area contributed by atoms with Crippen LogP contribution in [0.3, 0.4) is 0 Å². The summed E-state index contributed by atoms with van der Waals surface area (Å²) in [6.45, 7) is 6.02. The summed E-state index contributed by atoms with van der Waals surface area (Å²) >= 11 is 0. The lowest BCUT2D eigenvalue weighted by Crippen LogP contribution is -2.28. The summed E-state index contributed by atoms with van der Waals surface area (Å²) in [5.74, 6) is 1.28. The van der Waals surface area contributed by atoms with Crippen LogP contribution in [0.25, 0.3) is 0 Å². The number of allylic oxidation sites excluding steroid dienone is 2. The lowest BCUT2D eigenvalue weighted by molar-refractivity contribution is 0.0722. The van der Waals surface area contributed by atoms with E-state index in [1.807, 2.05) is 6.07 Å². The van der Waals surface area contributed by atoms with Crippen molar-refractivity contribution in [1.29, 1.82) is 0 Å². The Morgan fingerprint density at radius 2 is 1.85 bits per heavy atom. The molecule has 150 valence electrons. The van der Waals surface area contributed by atoms with Crippen LogP contribution in [0.5, 0.6) is 0 Å². The van der Waals surface area contributed by atoms with Gasteiger partial charge in [0, 0.05) is 13.2 Å². The SMILES string of the molecule is CC(C)(CO)CCC=CC[C@H]1[C@@H](CCOCc2ccccc2)[C@H]2CC[C@@H]1O2. The number of benzene rings is 1. The van der Waals surface area contributed by atoms with Gasteiger partial charge in [0.2, 0.25) is 0 Å². The van der Waals surface area contributed by atoms with Gasteiger partial charge < -0.3 is 14.6 Å². The van der Waals surface area contributed by atoms with Crippen LogP contribution < -0.4 is 0 Å². The zero-order valence-electron chi connectivity index (χ0n) is 17.0. The van der Waals surface area contributed by atoms with Crippen LogP contribution in [0, 0.1) is 17.3 Å². The smallest absolute Gasteiger partial charge is 0.0716 e. The first-order valence-corrected chi connectivity index (χ1v) is 10.6. The zero-order chi connectivity index (χ0) is 19.1. The Morgan fingerprint density at radius 1 is 1.11 bits per heavy atom. The Kier molecular flexibility index (Phi) is 7.51. The van der Waals surface area contributed by atoms with Gasteiger partial charge in [-0.1, -0.05) is 56.3 Å². The van der Waals surface area contributed by atoms with E-state index in [2.05, 4.69) is 50.3 Å². The minimum absolute atomic E-state index is 0.0263. The fourth-order valence-electron chi connectivity index (χ4n) is 4.51. The van der Waals surface area contributed by atoms with Crippen molar-refractivity contribution in [3.05, 3.63) is 48.0 Å². The maximum Gasteiger partial charge on any atom is 0.0716 e. The Hall–Kier alpha value is -1.16. The average molecular weight is 373 g/mol. The molecule has 2 aliphatic rings. The maximum absolute atomic E-state index is 9.35. The lowest BCUT2D eigenvalue weighted by atomic mass is 9.76. The molecule has 0 spiro atoms. The van der Waals surface area contributed by atoms with E-state index >= 15 is 0 Å². The van der Waals surface area contributed by atoms with Gasteiger partial charge in [-0.3, -0.25) is 0 Å². The molecule has 0 radical (unpaired) electrons. The number of fused-ring (bicyclic) bond motifs is 2. The Bertz CT molecular complexity index is 581. The highest BCUT2D eigenvalue weighted by Crippen LogP contribution is 2.46. The Labute approximate surface area is 164 Å². The van der Waals surface area contributed by atoms with Crippen molar-refractivity contribution in [1.82, 2.24) is 0 Å². The third kappa shape index (κ3) is 5.91. The molecule has 0 amide bonds. The van der Waals surface area contributed by atoms with Gasteiger partial charge in [0.25, 0.3) is 0 Å². The molecule has 0 unspecified atom stereocenters. The van der Waals surface area contributed by atoms with E-state index in [0.29, 0.717) is 30.7 Å². The molecule has 3 heteroatoms. The minimum atomic E-state index is 0.0263. The predicted octanol–water partition coefficient (Wildman–Crippen LogP) is 5.13. The third-order valence-corrected chi connectivity index (χ3v) is 6.29. The lowest BCUT2D eigenvalue weighted by Gasteiger charge is -2.27. The van der Waals surface area contributed by atoms with Crippen LogP contribution in [0.15, 0.2) is 42.5 Å². The van der Waals surface area contributed by atoms with Crippen LogP contribution in [0.1, 0.15) is 57.9 Å². The van der Waals surface area contributed by atoms with Crippen LogP contribution >= 0.6 is 0 Å². The van der Waals surface area contributed by atoms with E-state index in [9.17, 15) is 5.11 Å². The highest BCUT2D eigenvalue weighted by atomic mass is 16.5. The first-order chi connectivity index (χ1) is 13.1. The molecule has 1 aromatic carbocycles. The van der Waals surface area contributed by atoms with Gasteiger partial charge in [-0.25, -0.2) is 0 Å². The molecule has 0 aromatic heterocycles. The van der Waals surface area contributed by atoms with Gasteiger partial charge in [-0.2, -0.15) is 0 Å². The first-order valence-electron chi connectivity index (χ1n) is 10.6. The normalized spacial score (nSPS) is 27.7. The summed E-state index contributed by atoms with van der Waals surface area (Å²) < 4.78 is 12.2. The van der Waals surface area contributed by atoms with Crippen molar-refractivity contribution in [3.63, 3.8) is 0 Å². The van der Waals surface area contributed by atoms with Crippen LogP contribution in [0.2, 0.25) is 0 Å².